The van der Waals surface area contributed by atoms with Crippen LogP contribution in [0, 0.1) is 5.82 Å². The van der Waals surface area contributed by atoms with Gasteiger partial charge in [-0.3, -0.25) is 0 Å². The smallest absolute Gasteiger partial charge is 1.00 e. The van der Waals surface area contributed by atoms with Crippen molar-refractivity contribution in [2.24, 2.45) is 0 Å². The van der Waals surface area contributed by atoms with Gasteiger partial charge in [-0.25, -0.2) is 4.39 Å². The fraction of sp³-hybridized carbons (Fsp3) is 0. The minimum Gasteiger partial charge on any atom is -1.00 e. The van der Waals surface area contributed by atoms with Crippen molar-refractivity contribution in [1.29, 1.82) is 0 Å². The molecule has 0 fully saturated rings. The van der Waals surface area contributed by atoms with Crippen molar-refractivity contribution in [2.75, 3.05) is 0 Å². The molecule has 0 atom stereocenters. The number of carbonyl (C=O) groups is 1. The number of benzene rings is 1. The Kier molecular flexibility index (Phi) is 26.7. The molecule has 0 N–H and O–H groups in total. The van der Waals surface area contributed by atoms with Gasteiger partial charge in [0.2, 0.25) is 0 Å². The first-order valence-electron chi connectivity index (χ1n) is 5.01. The average molecular weight is 427 g/mol. The van der Waals surface area contributed by atoms with Gasteiger partial charge in [0.15, 0.2) is 0 Å². The summed E-state index contributed by atoms with van der Waals surface area (Å²) in [7, 11) is -18.0. The summed E-state index contributed by atoms with van der Waals surface area (Å²) in [5.41, 5.74) is 0. The van der Waals surface area contributed by atoms with E-state index in [1.807, 2.05) is 6.79 Å². The molecule has 0 aliphatic carbocycles. The molecule has 0 aromatic heterocycles. The molecule has 0 saturated heterocycles. The van der Waals surface area contributed by atoms with Crippen molar-refractivity contribution >= 4 is 28.6 Å². The molecule has 25 heavy (non-hydrogen) atoms. The molecule has 146 valence electrons. The molecule has 0 bridgehead atoms. The fourth-order valence-electron chi connectivity index (χ4n) is 0.415. The van der Waals surface area contributed by atoms with Crippen LogP contribution in [0.25, 0.3) is 0 Å². The van der Waals surface area contributed by atoms with Gasteiger partial charge >= 0.3 is 73.1 Å². The Balaban J connectivity index is -0.0000000491. The monoisotopic (exact) mass is 427 g/mol. The summed E-state index contributed by atoms with van der Waals surface area (Å²) < 4.78 is 129. The molecular weight excluding hydrogens is 419 g/mol. The van der Waals surface area contributed by atoms with Crippen LogP contribution in [0.5, 0.6) is 0 Å². The molecule has 1 aromatic carbocycles. The van der Waals surface area contributed by atoms with E-state index in [9.17, 15) is 56.2 Å². The molecule has 18 heteroatoms. The summed E-state index contributed by atoms with van der Waals surface area (Å²) in [5.74, 6) is -0.178. The van der Waals surface area contributed by atoms with Crippen molar-refractivity contribution < 1.29 is 114 Å². The van der Waals surface area contributed by atoms with E-state index in [0.717, 1.165) is 0 Å². The van der Waals surface area contributed by atoms with Crippen LogP contribution in [0.3, 0.4) is 0 Å². The van der Waals surface area contributed by atoms with E-state index in [2.05, 4.69) is 0 Å². The molecular formula is C7H8B3F13KO-3. The minimum absolute atomic E-state index is 0. The molecule has 0 unspecified atom stereocenters. The van der Waals surface area contributed by atoms with Crippen molar-refractivity contribution in [3.05, 3.63) is 36.1 Å². The van der Waals surface area contributed by atoms with Crippen LogP contribution < -0.4 is 51.4 Å². The van der Waals surface area contributed by atoms with E-state index in [0.29, 0.717) is 0 Å². The Morgan fingerprint density at radius 2 is 0.760 bits per heavy atom. The van der Waals surface area contributed by atoms with E-state index in [4.69, 9.17) is 4.79 Å². The maximum absolute atomic E-state index is 11.9. The van der Waals surface area contributed by atoms with Gasteiger partial charge in [0.1, 0.15) is 12.6 Å². The molecule has 0 aliphatic rings. The second-order valence-electron chi connectivity index (χ2n) is 2.78. The fourth-order valence-corrected chi connectivity index (χ4v) is 0.415. The van der Waals surface area contributed by atoms with Crippen LogP contribution in [0.4, 0.5) is 56.2 Å². The van der Waals surface area contributed by atoms with Gasteiger partial charge in [-0.05, 0) is 12.1 Å². The van der Waals surface area contributed by atoms with Gasteiger partial charge in [0.05, 0.1) is 0 Å². The maximum Gasteiger partial charge on any atom is 1.00 e. The maximum atomic E-state index is 11.9. The first kappa shape index (κ1) is 35.8. The molecule has 1 rings (SSSR count). The first-order valence-corrected chi connectivity index (χ1v) is 5.01. The predicted octanol–water partition coefficient (Wildman–Crippen LogP) is 2.66. The first-order chi connectivity index (χ1) is 10.4. The molecule has 0 radical (unpaired) electrons. The zero-order valence-corrected chi connectivity index (χ0v) is 15.3. The Labute approximate surface area is 177 Å². The third kappa shape index (κ3) is 186. The summed E-state index contributed by atoms with van der Waals surface area (Å²) in [6.45, 7) is 2.00. The second-order valence-corrected chi connectivity index (χ2v) is 2.78. The van der Waals surface area contributed by atoms with Crippen LogP contribution >= 0.6 is 0 Å². The molecule has 0 saturated carbocycles. The quantitative estimate of drug-likeness (QED) is 0.460. The number of rotatable bonds is 0. The van der Waals surface area contributed by atoms with E-state index >= 15 is 0 Å². The SMILES string of the molecule is C=O.F[B-](F)(F)F.F[B-](F)(F)F.F[B-](F)(F)F.Fc1ccccc1.[H-].[K+]. The van der Waals surface area contributed by atoms with Crippen LogP contribution in [-0.4, -0.2) is 28.6 Å². The van der Waals surface area contributed by atoms with E-state index in [-0.39, 0.29) is 58.6 Å². The van der Waals surface area contributed by atoms with Gasteiger partial charge in [-0.15, -0.1) is 0 Å². The van der Waals surface area contributed by atoms with Gasteiger partial charge in [0.25, 0.3) is 0 Å². The van der Waals surface area contributed by atoms with Gasteiger partial charge in [-0.1, -0.05) is 18.2 Å². The number of hydrogen-bond donors (Lipinski definition) is 0. The number of carbonyl (C=O) groups excluding carboxylic acids is 1. The van der Waals surface area contributed by atoms with Gasteiger partial charge < -0.3 is 58.0 Å². The van der Waals surface area contributed by atoms with Gasteiger partial charge in [0, 0.05) is 0 Å². The molecule has 0 aliphatic heterocycles. The van der Waals surface area contributed by atoms with Crippen LogP contribution in [0.2, 0.25) is 0 Å². The van der Waals surface area contributed by atoms with Crippen molar-refractivity contribution in [3.8, 4) is 0 Å². The Morgan fingerprint density at radius 3 is 0.840 bits per heavy atom. The largest absolute Gasteiger partial charge is 1.00 e. The second kappa shape index (κ2) is 18.6. The normalized spacial score (nSPS) is 9.80. The predicted molar refractivity (Wildman–Crippen MR) is 65.2 cm³/mol. The summed E-state index contributed by atoms with van der Waals surface area (Å²) in [5, 5.41) is 0. The topological polar surface area (TPSA) is 17.1 Å². The average Bonchev–Trinajstić information content (AvgIpc) is 2.25. The molecule has 0 heterocycles. The third-order valence-electron chi connectivity index (χ3n) is 0.733. The summed E-state index contributed by atoms with van der Waals surface area (Å²) >= 11 is 0. The van der Waals surface area contributed by atoms with Crippen LogP contribution in [-0.2, 0) is 4.79 Å². The van der Waals surface area contributed by atoms with E-state index < -0.39 is 21.8 Å². The standard InChI is InChI=1S/C6H5F.CH2O.3BF4.K.H/c7-6-4-2-1-3-5-6;1-2;3*2-1(3,4)5;;/h1-5H;1H2;;;;;/q;;3*-1;+1;-1. The van der Waals surface area contributed by atoms with Crippen molar-refractivity contribution in [3.63, 3.8) is 0 Å². The third-order valence-corrected chi connectivity index (χ3v) is 0.733. The minimum atomic E-state index is -6.00. The number of halogens is 13. The molecule has 1 aromatic rings. The Bertz CT molecular complexity index is 342. The van der Waals surface area contributed by atoms with E-state index in [1.165, 1.54) is 12.1 Å². The van der Waals surface area contributed by atoms with Crippen molar-refractivity contribution in [1.82, 2.24) is 0 Å². The van der Waals surface area contributed by atoms with Crippen molar-refractivity contribution in [2.45, 2.75) is 0 Å². The summed E-state index contributed by atoms with van der Waals surface area (Å²) in [6, 6.07) is 7.94. The number of hydrogen-bond acceptors (Lipinski definition) is 1. The summed E-state index contributed by atoms with van der Waals surface area (Å²) in [6.07, 6.45) is 0. The van der Waals surface area contributed by atoms with E-state index in [1.54, 1.807) is 18.2 Å². The zero-order chi connectivity index (χ0) is 20.6. The van der Waals surface area contributed by atoms with Crippen LogP contribution in [0.15, 0.2) is 30.3 Å². The Morgan fingerprint density at radius 1 is 0.600 bits per heavy atom. The van der Waals surface area contributed by atoms with Crippen LogP contribution in [0.1, 0.15) is 1.43 Å². The molecule has 0 spiro atoms. The Hall–Kier alpha value is -0.189. The molecule has 1 nitrogen and oxygen atoms in total. The van der Waals surface area contributed by atoms with Gasteiger partial charge in [-0.2, -0.15) is 0 Å². The zero-order valence-electron chi connectivity index (χ0n) is 13.1. The molecule has 0 amide bonds. The summed E-state index contributed by atoms with van der Waals surface area (Å²) in [4.78, 5) is 8.00.